The van der Waals surface area contributed by atoms with E-state index in [1.807, 2.05) is 0 Å². The Hall–Kier alpha value is -6.08. The van der Waals surface area contributed by atoms with Crippen LogP contribution in [0.2, 0.25) is 0 Å². The van der Waals surface area contributed by atoms with Gasteiger partial charge in [-0.2, -0.15) is 16.8 Å². The van der Waals surface area contributed by atoms with Crippen LogP contribution in [0.4, 0.5) is 54.3 Å². The molecule has 10 N–H and O–H groups in total. The van der Waals surface area contributed by atoms with Crippen molar-refractivity contribution in [2.75, 3.05) is 22.9 Å². The highest BCUT2D eigenvalue weighted by molar-refractivity contribution is 7.86. The van der Waals surface area contributed by atoms with Crippen LogP contribution in [-0.4, -0.2) is 25.9 Å². The van der Waals surface area contributed by atoms with Crippen LogP contribution in [0.3, 0.4) is 0 Å². The van der Waals surface area contributed by atoms with E-state index in [0.717, 1.165) is 12.1 Å². The fourth-order valence-corrected chi connectivity index (χ4v) is 7.06. The summed E-state index contributed by atoms with van der Waals surface area (Å²) in [6.45, 7) is 0. The van der Waals surface area contributed by atoms with Crippen molar-refractivity contribution < 1.29 is 34.7 Å². The first-order valence-corrected chi connectivity index (χ1v) is 17.0. The van der Waals surface area contributed by atoms with E-state index in [0.29, 0.717) is 0 Å². The lowest BCUT2D eigenvalue weighted by Crippen LogP contribution is -2.06. The Kier molecular flexibility index (Phi) is 8.40. The van der Waals surface area contributed by atoms with Crippen LogP contribution in [0.5, 0.6) is 0 Å². The Bertz CT molecular complexity index is 2500. The number of halogens is 2. The number of fused-ring (bicyclic) bond motifs is 2. The lowest BCUT2D eigenvalue weighted by molar-refractivity contribution is 0.482. The SMILES string of the molecule is Nc1c(N=Nc2ccc(-c3ccc(N=Nc4c(N)c(S(=O)(=O)O)c5ccccc5c4N)c(F)c3)cc2F)c(N)c2ccccc2c1S(=O)(=O)O. The summed E-state index contributed by atoms with van der Waals surface area (Å²) in [4.78, 5) is -1.24. The van der Waals surface area contributed by atoms with Gasteiger partial charge in [-0.25, -0.2) is 8.78 Å². The number of azo groups is 2. The third kappa shape index (κ3) is 6.03. The summed E-state index contributed by atoms with van der Waals surface area (Å²) in [5, 5.41) is 16.0. The average Bonchev–Trinajstić information content (AvgIpc) is 3.04. The van der Waals surface area contributed by atoms with Crippen LogP contribution >= 0.6 is 0 Å². The predicted octanol–water partition coefficient (Wildman–Crippen LogP) is 7.59. The van der Waals surface area contributed by atoms with Crippen LogP contribution in [0.15, 0.2) is 115 Å². The molecule has 0 bridgehead atoms. The summed E-state index contributed by atoms with van der Waals surface area (Å²) in [6, 6.07) is 19.4. The molecule has 0 fully saturated rings. The molecule has 0 heterocycles. The number of anilines is 4. The van der Waals surface area contributed by atoms with Gasteiger partial charge in [0.2, 0.25) is 0 Å². The first-order valence-electron chi connectivity index (χ1n) is 14.1. The molecule has 0 radical (unpaired) electrons. The van der Waals surface area contributed by atoms with Crippen molar-refractivity contribution in [1.29, 1.82) is 0 Å². The van der Waals surface area contributed by atoms with Gasteiger partial charge in [0.15, 0.2) is 11.6 Å². The van der Waals surface area contributed by atoms with E-state index in [1.165, 1.54) is 60.7 Å². The molecule has 254 valence electrons. The highest BCUT2D eigenvalue weighted by atomic mass is 32.2. The molecular formula is C32H24F2N8O6S2. The van der Waals surface area contributed by atoms with Crippen molar-refractivity contribution in [3.05, 3.63) is 96.6 Å². The number of hydrogen-bond acceptors (Lipinski definition) is 12. The smallest absolute Gasteiger partial charge is 0.297 e. The summed E-state index contributed by atoms with van der Waals surface area (Å²) in [7, 11) is -9.62. The molecule has 0 aliphatic heterocycles. The number of nitrogens with two attached hydrogens (primary N) is 4. The Morgan fingerprint density at radius 3 is 1.14 bits per heavy atom. The minimum Gasteiger partial charge on any atom is -0.396 e. The maximum absolute atomic E-state index is 15.2. The molecule has 0 aromatic heterocycles. The highest BCUT2D eigenvalue weighted by Crippen LogP contribution is 2.45. The summed E-state index contributed by atoms with van der Waals surface area (Å²) in [6.07, 6.45) is 0. The van der Waals surface area contributed by atoms with Crippen molar-refractivity contribution in [2.24, 2.45) is 20.5 Å². The molecule has 0 saturated carbocycles. The predicted molar refractivity (Wildman–Crippen MR) is 185 cm³/mol. The molecule has 18 heteroatoms. The van der Waals surface area contributed by atoms with E-state index in [9.17, 15) is 25.9 Å². The minimum atomic E-state index is -4.81. The number of nitrogen functional groups attached to an aromatic ring is 4. The fourth-order valence-electron chi connectivity index (χ4n) is 5.40. The van der Waals surface area contributed by atoms with Gasteiger partial charge in [-0.3, -0.25) is 9.11 Å². The Balaban J connectivity index is 1.31. The molecule has 0 spiro atoms. The lowest BCUT2D eigenvalue weighted by Gasteiger charge is -2.13. The number of nitrogens with zero attached hydrogens (tertiary/aromatic N) is 4. The molecule has 0 aliphatic carbocycles. The van der Waals surface area contributed by atoms with Crippen LogP contribution in [0, 0.1) is 11.6 Å². The topological polar surface area (TPSA) is 262 Å². The van der Waals surface area contributed by atoms with E-state index in [-0.39, 0.29) is 66.8 Å². The van der Waals surface area contributed by atoms with E-state index in [1.54, 1.807) is 12.1 Å². The molecule has 0 aliphatic rings. The maximum Gasteiger partial charge on any atom is 0.297 e. The monoisotopic (exact) mass is 718 g/mol. The van der Waals surface area contributed by atoms with Crippen molar-refractivity contribution in [2.45, 2.75) is 9.79 Å². The van der Waals surface area contributed by atoms with E-state index in [4.69, 9.17) is 22.9 Å². The summed E-state index contributed by atoms with van der Waals surface area (Å²) < 4.78 is 98.5. The zero-order valence-electron chi connectivity index (χ0n) is 25.3. The van der Waals surface area contributed by atoms with Gasteiger partial charge in [0, 0.05) is 21.5 Å². The average molecular weight is 719 g/mol. The van der Waals surface area contributed by atoms with Gasteiger partial charge in [-0.15, -0.1) is 20.5 Å². The van der Waals surface area contributed by atoms with Crippen LogP contribution in [0.25, 0.3) is 32.7 Å². The first-order chi connectivity index (χ1) is 23.6. The van der Waals surface area contributed by atoms with Gasteiger partial charge in [0.05, 0.1) is 22.7 Å². The second-order valence-corrected chi connectivity index (χ2v) is 13.5. The molecule has 50 heavy (non-hydrogen) atoms. The second kappa shape index (κ2) is 12.4. The van der Waals surface area contributed by atoms with Crippen LogP contribution in [0.1, 0.15) is 0 Å². The molecule has 0 atom stereocenters. The van der Waals surface area contributed by atoms with Gasteiger partial charge in [-0.1, -0.05) is 60.7 Å². The Labute approximate surface area is 282 Å². The summed E-state index contributed by atoms with van der Waals surface area (Å²) in [5.41, 5.74) is 22.6. The largest absolute Gasteiger partial charge is 0.396 e. The minimum absolute atomic E-state index is 0.0520. The van der Waals surface area contributed by atoms with Gasteiger partial charge in [0.1, 0.15) is 32.5 Å². The zero-order valence-corrected chi connectivity index (χ0v) is 26.9. The van der Waals surface area contributed by atoms with Gasteiger partial charge in [-0.05, 0) is 35.4 Å². The van der Waals surface area contributed by atoms with Crippen molar-refractivity contribution in [1.82, 2.24) is 0 Å². The quantitative estimate of drug-likeness (QED) is 0.0535. The fraction of sp³-hybridized carbons (Fsp3) is 0. The third-order valence-corrected chi connectivity index (χ3v) is 9.60. The molecule has 6 aromatic carbocycles. The molecule has 6 aromatic rings. The molecule has 0 amide bonds. The normalized spacial score (nSPS) is 12.5. The lowest BCUT2D eigenvalue weighted by atomic mass is 10.0. The first kappa shape index (κ1) is 33.8. The number of hydrogen-bond donors (Lipinski definition) is 6. The number of benzene rings is 6. The van der Waals surface area contributed by atoms with E-state index < -0.39 is 53.0 Å². The van der Waals surface area contributed by atoms with Crippen molar-refractivity contribution in [3.63, 3.8) is 0 Å². The van der Waals surface area contributed by atoms with Crippen LogP contribution < -0.4 is 22.9 Å². The molecule has 0 saturated heterocycles. The summed E-state index contributed by atoms with van der Waals surface area (Å²) in [5.74, 6) is -1.78. The highest BCUT2D eigenvalue weighted by Gasteiger charge is 2.25. The standard InChI is InChI=1S/C32H24F2N8O6S2/c33-21-13-15(9-11-23(21)39-41-29-25(35)17-5-1-3-7-19(17)31(27(29)37)49(43,44)45)16-10-12-24(22(34)14-16)40-42-30-26(36)18-6-2-4-8-20(18)32(28(30)38)50(46,47)48/h1-14H,35-38H2,(H,43,44,45)(H,46,47,48). The number of rotatable bonds is 7. The van der Waals surface area contributed by atoms with Gasteiger partial charge in [0.25, 0.3) is 20.2 Å². The molecule has 0 unspecified atom stereocenters. The van der Waals surface area contributed by atoms with Crippen molar-refractivity contribution >= 4 is 87.3 Å². The zero-order chi connectivity index (χ0) is 36.1. The second-order valence-electron chi connectivity index (χ2n) is 10.8. The maximum atomic E-state index is 15.2. The van der Waals surface area contributed by atoms with Gasteiger partial charge < -0.3 is 22.9 Å². The van der Waals surface area contributed by atoms with E-state index in [2.05, 4.69) is 20.5 Å². The Morgan fingerprint density at radius 2 is 0.820 bits per heavy atom. The van der Waals surface area contributed by atoms with Crippen LogP contribution in [-0.2, 0) is 20.2 Å². The molecule has 6 rings (SSSR count). The van der Waals surface area contributed by atoms with Crippen molar-refractivity contribution in [3.8, 4) is 11.1 Å². The molecule has 14 nitrogen and oxygen atoms in total. The van der Waals surface area contributed by atoms with E-state index >= 15 is 8.78 Å². The summed E-state index contributed by atoms with van der Waals surface area (Å²) >= 11 is 0. The third-order valence-electron chi connectivity index (χ3n) is 7.69. The van der Waals surface area contributed by atoms with Gasteiger partial charge >= 0.3 is 0 Å². The molecular weight excluding hydrogens is 695 g/mol. The Morgan fingerprint density at radius 1 is 0.480 bits per heavy atom.